The first-order valence-electron chi connectivity index (χ1n) is 7.24. The Kier molecular flexibility index (Phi) is 4.83. The zero-order chi connectivity index (χ0) is 16.2. The van der Waals surface area contributed by atoms with Gasteiger partial charge in [0.2, 0.25) is 5.91 Å². The van der Waals surface area contributed by atoms with E-state index in [1.54, 1.807) is 14.0 Å². The predicted octanol–water partition coefficient (Wildman–Crippen LogP) is 2.75. The van der Waals surface area contributed by atoms with Gasteiger partial charge in [-0.25, -0.2) is 0 Å². The highest BCUT2D eigenvalue weighted by molar-refractivity contribution is 5.87. The molecule has 0 aliphatic rings. The van der Waals surface area contributed by atoms with Crippen molar-refractivity contribution < 1.29 is 9.53 Å². The van der Waals surface area contributed by atoms with Crippen LogP contribution in [0.25, 0.3) is 0 Å². The predicted molar refractivity (Wildman–Crippen MR) is 87.5 cm³/mol. The smallest absolute Gasteiger partial charge is 0.244 e. The Morgan fingerprint density at radius 2 is 1.73 bits per heavy atom. The zero-order valence-corrected chi connectivity index (χ0v) is 13.2. The third-order valence-electron chi connectivity index (χ3n) is 3.81. The van der Waals surface area contributed by atoms with Crippen LogP contribution >= 0.6 is 0 Å². The highest BCUT2D eigenvalue weighted by Gasteiger charge is 2.31. The minimum Gasteiger partial charge on any atom is -0.497 e. The third kappa shape index (κ3) is 3.46. The molecule has 2 aromatic carbocycles. The van der Waals surface area contributed by atoms with Crippen LogP contribution in [0.2, 0.25) is 0 Å². The first-order chi connectivity index (χ1) is 10.4. The van der Waals surface area contributed by atoms with E-state index in [0.717, 1.165) is 16.9 Å². The Hall–Kier alpha value is -2.33. The fourth-order valence-electron chi connectivity index (χ4n) is 2.24. The number of nitrogens with one attached hydrogen (secondary N) is 1. The van der Waals surface area contributed by atoms with Crippen molar-refractivity contribution in [3.05, 3.63) is 65.7 Å². The molecule has 1 amide bonds. The number of amides is 1. The van der Waals surface area contributed by atoms with Crippen molar-refractivity contribution in [1.82, 2.24) is 5.32 Å². The number of methoxy groups -OCH3 is 1. The van der Waals surface area contributed by atoms with Gasteiger partial charge in [0.1, 0.15) is 11.3 Å². The Labute approximate surface area is 131 Å². The van der Waals surface area contributed by atoms with E-state index >= 15 is 0 Å². The lowest BCUT2D eigenvalue weighted by atomic mass is 9.91. The number of carbonyl (C=O) groups is 1. The Morgan fingerprint density at radius 1 is 1.14 bits per heavy atom. The maximum absolute atomic E-state index is 12.5. The van der Waals surface area contributed by atoms with Crippen molar-refractivity contribution in [3.8, 4) is 5.75 Å². The molecule has 0 aliphatic carbocycles. The molecule has 116 valence electrons. The molecule has 0 bridgehead atoms. The van der Waals surface area contributed by atoms with Crippen molar-refractivity contribution in [2.24, 2.45) is 5.73 Å². The van der Waals surface area contributed by atoms with Gasteiger partial charge < -0.3 is 15.8 Å². The lowest BCUT2D eigenvalue weighted by Crippen LogP contribution is -2.49. The molecule has 0 spiro atoms. The summed E-state index contributed by atoms with van der Waals surface area (Å²) in [6, 6.07) is 16.8. The topological polar surface area (TPSA) is 64.3 Å². The summed E-state index contributed by atoms with van der Waals surface area (Å²) in [6.45, 7) is 3.65. The summed E-state index contributed by atoms with van der Waals surface area (Å²) in [7, 11) is 1.62. The van der Waals surface area contributed by atoms with Gasteiger partial charge in [-0.2, -0.15) is 0 Å². The van der Waals surface area contributed by atoms with E-state index in [2.05, 4.69) is 5.32 Å². The molecule has 2 unspecified atom stereocenters. The number of nitrogens with two attached hydrogens (primary N) is 1. The van der Waals surface area contributed by atoms with Gasteiger partial charge in [0.15, 0.2) is 0 Å². The SMILES string of the molecule is COc1ccc(C(C)NC(=O)C(C)(N)c2ccccc2)cc1. The number of rotatable bonds is 5. The first-order valence-corrected chi connectivity index (χ1v) is 7.24. The van der Waals surface area contributed by atoms with Gasteiger partial charge in [-0.1, -0.05) is 42.5 Å². The molecule has 22 heavy (non-hydrogen) atoms. The zero-order valence-electron chi connectivity index (χ0n) is 13.2. The molecule has 2 aromatic rings. The second-order valence-corrected chi connectivity index (χ2v) is 5.54. The van der Waals surface area contributed by atoms with E-state index in [1.807, 2.05) is 61.5 Å². The van der Waals surface area contributed by atoms with Gasteiger partial charge in [-0.15, -0.1) is 0 Å². The maximum Gasteiger partial charge on any atom is 0.244 e. The molecule has 0 saturated carbocycles. The summed E-state index contributed by atoms with van der Waals surface area (Å²) in [6.07, 6.45) is 0. The molecular weight excluding hydrogens is 276 g/mol. The fourth-order valence-corrected chi connectivity index (χ4v) is 2.24. The van der Waals surface area contributed by atoms with Crippen molar-refractivity contribution in [1.29, 1.82) is 0 Å². The molecule has 3 N–H and O–H groups in total. The summed E-state index contributed by atoms with van der Waals surface area (Å²) in [5.41, 5.74) is 6.94. The van der Waals surface area contributed by atoms with E-state index < -0.39 is 5.54 Å². The van der Waals surface area contributed by atoms with Crippen LogP contribution in [0.3, 0.4) is 0 Å². The van der Waals surface area contributed by atoms with E-state index in [9.17, 15) is 4.79 Å². The van der Waals surface area contributed by atoms with Crippen LogP contribution in [0.4, 0.5) is 0 Å². The van der Waals surface area contributed by atoms with Crippen LogP contribution < -0.4 is 15.8 Å². The fraction of sp³-hybridized carbons (Fsp3) is 0.278. The standard InChI is InChI=1S/C18H22N2O2/c1-13(14-9-11-16(22-3)12-10-14)20-17(21)18(2,19)15-7-5-4-6-8-15/h4-13H,19H2,1-3H3,(H,20,21). The summed E-state index contributed by atoms with van der Waals surface area (Å²) in [4.78, 5) is 12.5. The van der Waals surface area contributed by atoms with E-state index in [0.29, 0.717) is 0 Å². The van der Waals surface area contributed by atoms with Crippen LogP contribution in [-0.4, -0.2) is 13.0 Å². The molecule has 0 heterocycles. The van der Waals surface area contributed by atoms with Crippen LogP contribution in [0.5, 0.6) is 5.75 Å². The van der Waals surface area contributed by atoms with E-state index in [-0.39, 0.29) is 11.9 Å². The van der Waals surface area contributed by atoms with Crippen molar-refractivity contribution in [2.45, 2.75) is 25.4 Å². The summed E-state index contributed by atoms with van der Waals surface area (Å²) in [5.74, 6) is 0.581. The largest absolute Gasteiger partial charge is 0.497 e. The summed E-state index contributed by atoms with van der Waals surface area (Å²) in [5, 5.41) is 2.97. The molecule has 4 heteroatoms. The monoisotopic (exact) mass is 298 g/mol. The molecule has 2 atom stereocenters. The molecule has 0 aromatic heterocycles. The normalized spacial score (nSPS) is 14.7. The van der Waals surface area contributed by atoms with E-state index in [4.69, 9.17) is 10.5 Å². The van der Waals surface area contributed by atoms with Gasteiger partial charge in [0, 0.05) is 0 Å². The Balaban J connectivity index is 2.10. The average molecular weight is 298 g/mol. The third-order valence-corrected chi connectivity index (χ3v) is 3.81. The minimum absolute atomic E-state index is 0.134. The van der Waals surface area contributed by atoms with Crippen LogP contribution in [-0.2, 0) is 10.3 Å². The van der Waals surface area contributed by atoms with E-state index in [1.165, 1.54) is 0 Å². The second kappa shape index (κ2) is 6.62. The van der Waals surface area contributed by atoms with Crippen molar-refractivity contribution in [3.63, 3.8) is 0 Å². The van der Waals surface area contributed by atoms with Gasteiger partial charge in [0.25, 0.3) is 0 Å². The lowest BCUT2D eigenvalue weighted by Gasteiger charge is -2.26. The van der Waals surface area contributed by atoms with Crippen LogP contribution in [0.15, 0.2) is 54.6 Å². The number of ether oxygens (including phenoxy) is 1. The number of hydrogen-bond acceptors (Lipinski definition) is 3. The highest BCUT2D eigenvalue weighted by atomic mass is 16.5. The highest BCUT2D eigenvalue weighted by Crippen LogP contribution is 2.21. The molecular formula is C18H22N2O2. The van der Waals surface area contributed by atoms with Gasteiger partial charge in [0.05, 0.1) is 13.2 Å². The Morgan fingerprint density at radius 3 is 2.27 bits per heavy atom. The first kappa shape index (κ1) is 16.0. The maximum atomic E-state index is 12.5. The summed E-state index contributed by atoms with van der Waals surface area (Å²) < 4.78 is 5.13. The molecule has 0 saturated heterocycles. The van der Waals surface area contributed by atoms with Crippen molar-refractivity contribution in [2.75, 3.05) is 7.11 Å². The van der Waals surface area contributed by atoms with Crippen LogP contribution in [0.1, 0.15) is 31.0 Å². The number of benzene rings is 2. The lowest BCUT2D eigenvalue weighted by molar-refractivity contribution is -0.126. The molecule has 0 aliphatic heterocycles. The minimum atomic E-state index is -1.07. The quantitative estimate of drug-likeness (QED) is 0.892. The van der Waals surface area contributed by atoms with Gasteiger partial charge >= 0.3 is 0 Å². The summed E-state index contributed by atoms with van der Waals surface area (Å²) >= 11 is 0. The molecule has 4 nitrogen and oxygen atoms in total. The number of hydrogen-bond donors (Lipinski definition) is 2. The molecule has 0 radical (unpaired) electrons. The van der Waals surface area contributed by atoms with Crippen molar-refractivity contribution >= 4 is 5.91 Å². The Bertz CT molecular complexity index is 621. The van der Waals surface area contributed by atoms with Gasteiger partial charge in [-0.05, 0) is 37.1 Å². The molecule has 2 rings (SSSR count). The van der Waals surface area contributed by atoms with Crippen LogP contribution in [0, 0.1) is 0 Å². The average Bonchev–Trinajstić information content (AvgIpc) is 2.55. The second-order valence-electron chi connectivity index (χ2n) is 5.54. The van der Waals surface area contributed by atoms with Gasteiger partial charge in [-0.3, -0.25) is 4.79 Å². The number of carbonyl (C=O) groups excluding carboxylic acids is 1. The molecule has 0 fully saturated rings.